The lowest BCUT2D eigenvalue weighted by Crippen LogP contribution is -2.18. The van der Waals surface area contributed by atoms with Crippen molar-refractivity contribution in [1.29, 1.82) is 0 Å². The number of benzene rings is 1. The Kier molecular flexibility index (Phi) is 4.42. The molecule has 2 heterocycles. The Labute approximate surface area is 142 Å². The molecule has 0 fully saturated rings. The number of H-pyrrole nitrogens is 1. The summed E-state index contributed by atoms with van der Waals surface area (Å²) >= 11 is 0. The van der Waals surface area contributed by atoms with E-state index in [1.165, 1.54) is 0 Å². The van der Waals surface area contributed by atoms with Gasteiger partial charge in [-0.1, -0.05) is 32.0 Å². The average molecular weight is 324 g/mol. The molecule has 2 N–H and O–H groups in total. The topological polar surface area (TPSA) is 62.7 Å². The van der Waals surface area contributed by atoms with Crippen LogP contribution in [0.15, 0.2) is 24.3 Å². The van der Waals surface area contributed by atoms with E-state index in [1.807, 2.05) is 32.2 Å². The van der Waals surface area contributed by atoms with Gasteiger partial charge in [0.15, 0.2) is 0 Å². The van der Waals surface area contributed by atoms with Crippen LogP contribution in [0.25, 0.3) is 10.9 Å². The summed E-state index contributed by atoms with van der Waals surface area (Å²) in [6.07, 6.45) is 2.08. The largest absolute Gasteiger partial charge is 0.358 e. The van der Waals surface area contributed by atoms with Crippen LogP contribution in [0.4, 0.5) is 5.82 Å². The Morgan fingerprint density at radius 1 is 1.21 bits per heavy atom. The van der Waals surface area contributed by atoms with Crippen LogP contribution in [-0.4, -0.2) is 20.7 Å². The van der Waals surface area contributed by atoms with Crippen molar-refractivity contribution in [2.75, 3.05) is 5.32 Å². The quantitative estimate of drug-likeness (QED) is 0.754. The molecule has 0 radical (unpaired) electrons. The van der Waals surface area contributed by atoms with Crippen LogP contribution in [-0.2, 0) is 31.1 Å². The molecule has 5 nitrogen and oxygen atoms in total. The molecule has 24 heavy (non-hydrogen) atoms. The minimum atomic E-state index is -0.0109. The number of nitrogens with one attached hydrogen (secondary N) is 2. The van der Waals surface area contributed by atoms with Gasteiger partial charge in [0.1, 0.15) is 5.82 Å². The SMILES string of the molecule is CCc1nn(C)c(NC(=O)Cc2c(C)[nH]c3ccccc23)c1CC. The van der Waals surface area contributed by atoms with E-state index in [0.717, 1.165) is 52.1 Å². The van der Waals surface area contributed by atoms with Gasteiger partial charge in [-0.15, -0.1) is 0 Å². The first-order valence-corrected chi connectivity index (χ1v) is 8.45. The summed E-state index contributed by atoms with van der Waals surface area (Å²) in [5, 5.41) is 8.69. The van der Waals surface area contributed by atoms with E-state index in [0.29, 0.717) is 6.42 Å². The summed E-state index contributed by atoms with van der Waals surface area (Å²) in [5.74, 6) is 0.806. The summed E-state index contributed by atoms with van der Waals surface area (Å²) in [5.41, 5.74) is 5.35. The fourth-order valence-electron chi connectivity index (χ4n) is 3.33. The number of carbonyl (C=O) groups excluding carboxylic acids is 1. The van der Waals surface area contributed by atoms with Crippen molar-refractivity contribution in [3.05, 3.63) is 46.8 Å². The molecular weight excluding hydrogens is 300 g/mol. The number of nitrogens with zero attached hydrogens (tertiary/aromatic N) is 2. The third kappa shape index (κ3) is 2.82. The maximum absolute atomic E-state index is 12.6. The third-order valence-corrected chi connectivity index (χ3v) is 4.54. The Morgan fingerprint density at radius 3 is 2.67 bits per heavy atom. The van der Waals surface area contributed by atoms with Crippen molar-refractivity contribution >= 4 is 22.6 Å². The summed E-state index contributed by atoms with van der Waals surface area (Å²) < 4.78 is 1.78. The number of aromatic nitrogens is 3. The van der Waals surface area contributed by atoms with Crippen molar-refractivity contribution in [2.45, 2.75) is 40.0 Å². The molecule has 3 rings (SSSR count). The van der Waals surface area contributed by atoms with Crippen molar-refractivity contribution in [2.24, 2.45) is 7.05 Å². The zero-order chi connectivity index (χ0) is 17.3. The highest BCUT2D eigenvalue weighted by Gasteiger charge is 2.17. The highest BCUT2D eigenvalue weighted by molar-refractivity contribution is 5.96. The summed E-state index contributed by atoms with van der Waals surface area (Å²) in [6, 6.07) is 8.09. The van der Waals surface area contributed by atoms with Crippen LogP contribution in [0.2, 0.25) is 0 Å². The summed E-state index contributed by atoms with van der Waals surface area (Å²) in [4.78, 5) is 16.0. The Morgan fingerprint density at radius 2 is 1.96 bits per heavy atom. The van der Waals surface area contributed by atoms with Gasteiger partial charge in [0.25, 0.3) is 0 Å². The van der Waals surface area contributed by atoms with Gasteiger partial charge in [-0.05, 0) is 31.4 Å². The molecule has 2 aromatic heterocycles. The predicted octanol–water partition coefficient (Wildman–Crippen LogP) is 3.52. The first-order chi connectivity index (χ1) is 11.5. The Hall–Kier alpha value is -2.56. The first kappa shape index (κ1) is 16.3. The molecule has 0 bridgehead atoms. The predicted molar refractivity (Wildman–Crippen MR) is 97.3 cm³/mol. The standard InChI is InChI=1S/C19H24N4O/c1-5-13-16(6-2)22-23(4)19(13)21-18(24)11-15-12(3)20-17-10-8-7-9-14(15)17/h7-10,20H,5-6,11H2,1-4H3,(H,21,24). The molecular formula is C19H24N4O. The number of carbonyl (C=O) groups is 1. The number of rotatable bonds is 5. The molecule has 0 aliphatic carbocycles. The molecule has 0 spiro atoms. The molecule has 1 amide bonds. The number of amides is 1. The van der Waals surface area contributed by atoms with Crippen LogP contribution in [0.3, 0.4) is 0 Å². The molecule has 0 atom stereocenters. The lowest BCUT2D eigenvalue weighted by molar-refractivity contribution is -0.115. The van der Waals surface area contributed by atoms with Crippen LogP contribution in [0.5, 0.6) is 0 Å². The number of anilines is 1. The fraction of sp³-hybridized carbons (Fsp3) is 0.368. The lowest BCUT2D eigenvalue weighted by Gasteiger charge is -2.08. The highest BCUT2D eigenvalue weighted by atomic mass is 16.1. The van der Waals surface area contributed by atoms with E-state index in [1.54, 1.807) is 4.68 Å². The molecule has 3 aromatic rings. The number of hydrogen-bond donors (Lipinski definition) is 2. The lowest BCUT2D eigenvalue weighted by atomic mass is 10.1. The first-order valence-electron chi connectivity index (χ1n) is 8.45. The third-order valence-electron chi connectivity index (χ3n) is 4.54. The van der Waals surface area contributed by atoms with Crippen LogP contribution < -0.4 is 5.32 Å². The maximum Gasteiger partial charge on any atom is 0.230 e. The van der Waals surface area contributed by atoms with E-state index in [9.17, 15) is 4.79 Å². The molecule has 0 aliphatic heterocycles. The molecule has 126 valence electrons. The number of hydrogen-bond acceptors (Lipinski definition) is 2. The van der Waals surface area contributed by atoms with Gasteiger partial charge in [-0.3, -0.25) is 9.48 Å². The minimum absolute atomic E-state index is 0.0109. The Balaban J connectivity index is 1.86. The van der Waals surface area contributed by atoms with Crippen LogP contribution in [0, 0.1) is 6.92 Å². The summed E-state index contributed by atoms with van der Waals surface area (Å²) in [6.45, 7) is 6.19. The molecule has 0 saturated carbocycles. The van der Waals surface area contributed by atoms with Crippen LogP contribution in [0.1, 0.15) is 36.4 Å². The summed E-state index contributed by atoms with van der Waals surface area (Å²) in [7, 11) is 1.88. The maximum atomic E-state index is 12.6. The van der Waals surface area contributed by atoms with Crippen molar-refractivity contribution < 1.29 is 4.79 Å². The van der Waals surface area contributed by atoms with Crippen molar-refractivity contribution in [3.8, 4) is 0 Å². The molecule has 0 unspecified atom stereocenters. The normalized spacial score (nSPS) is 11.2. The van der Waals surface area contributed by atoms with Crippen molar-refractivity contribution in [3.63, 3.8) is 0 Å². The second-order valence-electron chi connectivity index (χ2n) is 6.10. The average Bonchev–Trinajstić information content (AvgIpc) is 3.05. The van der Waals surface area contributed by atoms with Gasteiger partial charge in [-0.25, -0.2) is 0 Å². The fourth-order valence-corrected chi connectivity index (χ4v) is 3.33. The second kappa shape index (κ2) is 6.51. The highest BCUT2D eigenvalue weighted by Crippen LogP contribution is 2.24. The minimum Gasteiger partial charge on any atom is -0.358 e. The van der Waals surface area contributed by atoms with Gasteiger partial charge in [0.05, 0.1) is 12.1 Å². The van der Waals surface area contributed by atoms with Crippen LogP contribution >= 0.6 is 0 Å². The number of aromatic amines is 1. The van der Waals surface area contributed by atoms with Crippen molar-refractivity contribution in [1.82, 2.24) is 14.8 Å². The molecule has 5 heteroatoms. The molecule has 1 aromatic carbocycles. The number of fused-ring (bicyclic) bond motifs is 1. The molecule has 0 saturated heterocycles. The smallest absolute Gasteiger partial charge is 0.230 e. The zero-order valence-electron chi connectivity index (χ0n) is 14.7. The number of para-hydroxylation sites is 1. The van der Waals surface area contributed by atoms with E-state index in [4.69, 9.17) is 0 Å². The number of aryl methyl sites for hydroxylation is 3. The van der Waals surface area contributed by atoms with E-state index >= 15 is 0 Å². The van der Waals surface area contributed by atoms with Gasteiger partial charge in [0, 0.05) is 29.2 Å². The second-order valence-corrected chi connectivity index (χ2v) is 6.10. The van der Waals surface area contributed by atoms with Gasteiger partial charge in [-0.2, -0.15) is 5.10 Å². The van der Waals surface area contributed by atoms with Gasteiger partial charge in [0.2, 0.25) is 5.91 Å². The van der Waals surface area contributed by atoms with E-state index < -0.39 is 0 Å². The van der Waals surface area contributed by atoms with E-state index in [2.05, 4.69) is 35.3 Å². The Bertz CT molecular complexity index is 888. The monoisotopic (exact) mass is 324 g/mol. The van der Waals surface area contributed by atoms with Gasteiger partial charge >= 0.3 is 0 Å². The zero-order valence-corrected chi connectivity index (χ0v) is 14.7. The van der Waals surface area contributed by atoms with E-state index in [-0.39, 0.29) is 5.91 Å². The molecule has 0 aliphatic rings. The van der Waals surface area contributed by atoms with Gasteiger partial charge < -0.3 is 10.3 Å².